The quantitative estimate of drug-likeness (QED) is 0.729. The minimum absolute atomic E-state index is 0. The van der Waals surface area contributed by atoms with Crippen LogP contribution in [0.25, 0.3) is 0 Å². The molecule has 1 aliphatic heterocycles. The van der Waals surface area contributed by atoms with E-state index in [1.807, 2.05) is 41.6 Å². The molecule has 0 aliphatic carbocycles. The van der Waals surface area contributed by atoms with E-state index >= 15 is 0 Å². The van der Waals surface area contributed by atoms with Crippen LogP contribution in [0, 0.1) is 0 Å². The van der Waals surface area contributed by atoms with Gasteiger partial charge in [-0.1, -0.05) is 6.92 Å². The lowest BCUT2D eigenvalue weighted by molar-refractivity contribution is 0.0638. The molecule has 146 valence electrons. The van der Waals surface area contributed by atoms with Crippen molar-refractivity contribution in [1.29, 1.82) is 0 Å². The topological polar surface area (TPSA) is 45.7 Å². The Morgan fingerprint density at radius 2 is 1.70 bits per heavy atom. The van der Waals surface area contributed by atoms with Crippen molar-refractivity contribution in [3.63, 3.8) is 0 Å². The van der Waals surface area contributed by atoms with Gasteiger partial charge < -0.3 is 9.64 Å². The number of piperazine rings is 1. The fraction of sp³-hybridized carbons (Fsp3) is 0.429. The van der Waals surface area contributed by atoms with E-state index in [1.54, 1.807) is 0 Å². The van der Waals surface area contributed by atoms with E-state index in [-0.39, 0.29) is 18.3 Å². The number of halogens is 1. The highest BCUT2D eigenvalue weighted by atomic mass is 35.5. The Balaban J connectivity index is 0.00000261. The maximum atomic E-state index is 12.7. The Kier molecular flexibility index (Phi) is 8.55. The molecule has 0 bridgehead atoms. The van der Waals surface area contributed by atoms with Crippen LogP contribution in [0.5, 0.6) is 5.75 Å². The van der Waals surface area contributed by atoms with Crippen molar-refractivity contribution >= 4 is 18.3 Å². The zero-order chi connectivity index (χ0) is 18.2. The van der Waals surface area contributed by atoms with E-state index in [1.165, 1.54) is 5.56 Å². The largest absolute Gasteiger partial charge is 0.494 e. The first-order chi connectivity index (χ1) is 12.8. The van der Waals surface area contributed by atoms with Crippen molar-refractivity contribution in [2.75, 3.05) is 39.3 Å². The second kappa shape index (κ2) is 10.9. The first kappa shape index (κ1) is 21.2. The summed E-state index contributed by atoms with van der Waals surface area (Å²) in [5.41, 5.74) is 2.04. The van der Waals surface area contributed by atoms with Crippen LogP contribution in [0.15, 0.2) is 48.8 Å². The third kappa shape index (κ3) is 6.22. The number of rotatable bonds is 7. The number of ether oxygens (including phenoxy) is 1. The molecule has 0 N–H and O–H groups in total. The summed E-state index contributed by atoms with van der Waals surface area (Å²) in [7, 11) is 0. The first-order valence-electron chi connectivity index (χ1n) is 9.39. The van der Waals surface area contributed by atoms with Gasteiger partial charge in [-0.25, -0.2) is 0 Å². The number of carbonyl (C=O) groups is 1. The van der Waals surface area contributed by atoms with E-state index in [0.29, 0.717) is 6.61 Å². The molecule has 0 atom stereocenters. The Hall–Kier alpha value is -2.11. The Morgan fingerprint density at radius 3 is 2.33 bits per heavy atom. The van der Waals surface area contributed by atoms with Crippen LogP contribution in [-0.4, -0.2) is 60.0 Å². The summed E-state index contributed by atoms with van der Waals surface area (Å²) in [6, 6.07) is 11.6. The normalized spacial score (nSPS) is 14.5. The molecule has 3 rings (SSSR count). The molecule has 5 nitrogen and oxygen atoms in total. The maximum absolute atomic E-state index is 12.7. The fourth-order valence-electron chi connectivity index (χ4n) is 3.11. The molecule has 2 heterocycles. The van der Waals surface area contributed by atoms with E-state index in [9.17, 15) is 4.79 Å². The first-order valence-corrected chi connectivity index (χ1v) is 9.39. The SMILES string of the molecule is CCCOc1ccc(C(=O)N2CCN(CCc3ccncc3)CC2)cc1.Cl. The van der Waals surface area contributed by atoms with Gasteiger partial charge in [0, 0.05) is 50.7 Å². The van der Waals surface area contributed by atoms with Crippen molar-refractivity contribution in [1.82, 2.24) is 14.8 Å². The van der Waals surface area contributed by atoms with Crippen LogP contribution < -0.4 is 4.74 Å². The second-order valence-electron chi connectivity index (χ2n) is 6.61. The number of hydrogen-bond acceptors (Lipinski definition) is 4. The van der Waals surface area contributed by atoms with Gasteiger partial charge in [-0.05, 0) is 54.8 Å². The molecular weight excluding hydrogens is 362 g/mol. The molecule has 0 saturated carbocycles. The molecule has 1 saturated heterocycles. The number of aromatic nitrogens is 1. The van der Waals surface area contributed by atoms with Gasteiger partial charge in [0.25, 0.3) is 5.91 Å². The smallest absolute Gasteiger partial charge is 0.253 e. The molecule has 2 aromatic rings. The van der Waals surface area contributed by atoms with Crippen LogP contribution in [-0.2, 0) is 6.42 Å². The van der Waals surface area contributed by atoms with Gasteiger partial charge in [-0.3, -0.25) is 14.7 Å². The van der Waals surface area contributed by atoms with Gasteiger partial charge in [0.15, 0.2) is 0 Å². The van der Waals surface area contributed by atoms with Crippen LogP contribution in [0.4, 0.5) is 0 Å². The van der Waals surface area contributed by atoms with Crippen molar-refractivity contribution in [2.24, 2.45) is 0 Å². The van der Waals surface area contributed by atoms with Gasteiger partial charge in [-0.15, -0.1) is 12.4 Å². The molecule has 0 spiro atoms. The highest BCUT2D eigenvalue weighted by molar-refractivity contribution is 5.94. The van der Waals surface area contributed by atoms with Gasteiger partial charge in [-0.2, -0.15) is 0 Å². The summed E-state index contributed by atoms with van der Waals surface area (Å²) in [5.74, 6) is 0.935. The summed E-state index contributed by atoms with van der Waals surface area (Å²) < 4.78 is 5.58. The van der Waals surface area contributed by atoms with Crippen molar-refractivity contribution in [3.8, 4) is 5.75 Å². The summed E-state index contributed by atoms with van der Waals surface area (Å²) in [5, 5.41) is 0. The minimum Gasteiger partial charge on any atom is -0.494 e. The summed E-state index contributed by atoms with van der Waals surface area (Å²) in [6.07, 6.45) is 5.68. The van der Waals surface area contributed by atoms with Crippen LogP contribution in [0.3, 0.4) is 0 Å². The highest BCUT2D eigenvalue weighted by Crippen LogP contribution is 2.15. The zero-order valence-electron chi connectivity index (χ0n) is 15.8. The fourth-order valence-corrected chi connectivity index (χ4v) is 3.11. The third-order valence-corrected chi connectivity index (χ3v) is 4.70. The molecule has 1 aromatic carbocycles. The molecule has 1 amide bonds. The number of hydrogen-bond donors (Lipinski definition) is 0. The lowest BCUT2D eigenvalue weighted by Crippen LogP contribution is -2.49. The van der Waals surface area contributed by atoms with Crippen molar-refractivity contribution in [2.45, 2.75) is 19.8 Å². The molecule has 0 unspecified atom stereocenters. The lowest BCUT2D eigenvalue weighted by Gasteiger charge is -2.34. The molecule has 1 fully saturated rings. The number of nitrogens with zero attached hydrogens (tertiary/aromatic N) is 3. The predicted octanol–water partition coefficient (Wildman–Crippen LogP) is 3.29. The van der Waals surface area contributed by atoms with Crippen molar-refractivity contribution < 1.29 is 9.53 Å². The molecule has 1 aromatic heterocycles. The average molecular weight is 390 g/mol. The van der Waals surface area contributed by atoms with E-state index < -0.39 is 0 Å². The van der Waals surface area contributed by atoms with E-state index in [0.717, 1.165) is 56.9 Å². The van der Waals surface area contributed by atoms with Gasteiger partial charge in [0.2, 0.25) is 0 Å². The Morgan fingerprint density at radius 1 is 1.04 bits per heavy atom. The predicted molar refractivity (Wildman–Crippen MR) is 110 cm³/mol. The maximum Gasteiger partial charge on any atom is 0.253 e. The van der Waals surface area contributed by atoms with Crippen LogP contribution in [0.1, 0.15) is 29.3 Å². The Labute approximate surface area is 167 Å². The second-order valence-corrected chi connectivity index (χ2v) is 6.61. The number of pyridine rings is 1. The summed E-state index contributed by atoms with van der Waals surface area (Å²) >= 11 is 0. The molecule has 0 radical (unpaired) electrons. The summed E-state index contributed by atoms with van der Waals surface area (Å²) in [6.45, 7) is 7.22. The van der Waals surface area contributed by atoms with Gasteiger partial charge >= 0.3 is 0 Å². The summed E-state index contributed by atoms with van der Waals surface area (Å²) in [4.78, 5) is 21.1. The van der Waals surface area contributed by atoms with Crippen LogP contribution >= 0.6 is 12.4 Å². The van der Waals surface area contributed by atoms with Gasteiger partial charge in [0.1, 0.15) is 5.75 Å². The van der Waals surface area contributed by atoms with E-state index in [2.05, 4.69) is 28.9 Å². The van der Waals surface area contributed by atoms with Crippen molar-refractivity contribution in [3.05, 3.63) is 59.9 Å². The standard InChI is InChI=1S/C21H27N3O2.ClH/c1-2-17-26-20-5-3-19(4-6-20)21(25)24-15-13-23(14-16-24)12-9-18-7-10-22-11-8-18;/h3-8,10-11H,2,9,12-17H2,1H3;1H. The van der Waals surface area contributed by atoms with Crippen LogP contribution in [0.2, 0.25) is 0 Å². The average Bonchev–Trinajstić information content (AvgIpc) is 2.72. The highest BCUT2D eigenvalue weighted by Gasteiger charge is 2.21. The lowest BCUT2D eigenvalue weighted by atomic mass is 10.1. The number of carbonyl (C=O) groups excluding carboxylic acids is 1. The molecule has 27 heavy (non-hydrogen) atoms. The van der Waals surface area contributed by atoms with E-state index in [4.69, 9.17) is 4.74 Å². The van der Waals surface area contributed by atoms with Gasteiger partial charge in [0.05, 0.1) is 6.61 Å². The molecule has 1 aliphatic rings. The zero-order valence-corrected chi connectivity index (χ0v) is 16.7. The monoisotopic (exact) mass is 389 g/mol. The third-order valence-electron chi connectivity index (χ3n) is 4.70. The molecular formula is C21H28ClN3O2. The minimum atomic E-state index is 0. The Bertz CT molecular complexity index is 686. The molecule has 6 heteroatoms. The number of benzene rings is 1. The number of amides is 1.